The summed E-state index contributed by atoms with van der Waals surface area (Å²) in [5.74, 6) is 0.603. The molecule has 0 N–H and O–H groups in total. The lowest BCUT2D eigenvalue weighted by Gasteiger charge is -2.41. The predicted octanol–water partition coefficient (Wildman–Crippen LogP) is 7.74. The third kappa shape index (κ3) is 3.76. The van der Waals surface area contributed by atoms with Crippen LogP contribution in [0.15, 0.2) is 30.3 Å². The third-order valence-corrected chi connectivity index (χ3v) is 7.00. The van der Waals surface area contributed by atoms with Crippen molar-refractivity contribution in [3.05, 3.63) is 58.4 Å². The van der Waals surface area contributed by atoms with Crippen LogP contribution in [0.4, 0.5) is 13.2 Å². The summed E-state index contributed by atoms with van der Waals surface area (Å²) in [7, 11) is 0. The molecule has 0 aliphatic heterocycles. The molecule has 144 valence electrons. The second-order valence-corrected chi connectivity index (χ2v) is 8.82. The van der Waals surface area contributed by atoms with Crippen molar-refractivity contribution in [1.82, 2.24) is 0 Å². The highest BCUT2D eigenvalue weighted by Crippen LogP contribution is 2.47. The van der Waals surface area contributed by atoms with E-state index in [0.717, 1.165) is 48.3 Å². The normalized spacial score (nSPS) is 28.0. The summed E-state index contributed by atoms with van der Waals surface area (Å²) < 4.78 is 42.2. The molecule has 2 fully saturated rings. The van der Waals surface area contributed by atoms with Gasteiger partial charge in [0.25, 0.3) is 0 Å². The van der Waals surface area contributed by atoms with Crippen LogP contribution in [0.25, 0.3) is 11.1 Å². The predicted molar refractivity (Wildman–Crippen MR) is 103 cm³/mol. The first-order chi connectivity index (χ1) is 12.9. The van der Waals surface area contributed by atoms with Gasteiger partial charge in [-0.15, -0.1) is 0 Å². The standard InChI is InChI=1S/C23H24ClF3/c1-13-2-3-15-9-16(5-4-14(15)8-13)17-6-7-19(20(25)10-17)18-11-21(26)23(24)22(27)12-18/h6-7,10-16H,2-5,8-9H2,1H3. The Balaban J connectivity index is 1.56. The van der Waals surface area contributed by atoms with Crippen LogP contribution < -0.4 is 0 Å². The molecule has 27 heavy (non-hydrogen) atoms. The largest absolute Gasteiger partial charge is 0.206 e. The van der Waals surface area contributed by atoms with E-state index in [4.69, 9.17) is 11.6 Å². The molecule has 4 unspecified atom stereocenters. The van der Waals surface area contributed by atoms with Crippen LogP contribution in [0.2, 0.25) is 5.02 Å². The molecule has 0 heterocycles. The van der Waals surface area contributed by atoms with Gasteiger partial charge in [-0.2, -0.15) is 0 Å². The number of hydrogen-bond acceptors (Lipinski definition) is 0. The molecule has 2 aliphatic rings. The van der Waals surface area contributed by atoms with Gasteiger partial charge < -0.3 is 0 Å². The Labute approximate surface area is 163 Å². The van der Waals surface area contributed by atoms with E-state index in [-0.39, 0.29) is 11.1 Å². The summed E-state index contributed by atoms with van der Waals surface area (Å²) in [4.78, 5) is 0. The molecule has 0 amide bonds. The minimum atomic E-state index is -0.875. The molecule has 2 aromatic rings. The van der Waals surface area contributed by atoms with Gasteiger partial charge in [0.2, 0.25) is 0 Å². The van der Waals surface area contributed by atoms with Crippen molar-refractivity contribution in [2.24, 2.45) is 17.8 Å². The van der Waals surface area contributed by atoms with Gasteiger partial charge >= 0.3 is 0 Å². The summed E-state index contributed by atoms with van der Waals surface area (Å²) in [5, 5.41) is -0.561. The molecule has 0 spiro atoms. The van der Waals surface area contributed by atoms with Crippen molar-refractivity contribution in [2.75, 3.05) is 0 Å². The van der Waals surface area contributed by atoms with Gasteiger partial charge in [-0.25, -0.2) is 13.2 Å². The lowest BCUT2D eigenvalue weighted by molar-refractivity contribution is 0.124. The van der Waals surface area contributed by atoms with E-state index in [0.29, 0.717) is 5.92 Å². The molecular formula is C23H24ClF3. The minimum Gasteiger partial charge on any atom is -0.206 e. The van der Waals surface area contributed by atoms with E-state index in [1.807, 2.05) is 6.07 Å². The Bertz CT molecular complexity index is 825. The fourth-order valence-corrected chi connectivity index (χ4v) is 5.27. The van der Waals surface area contributed by atoms with Crippen molar-refractivity contribution in [2.45, 2.75) is 51.4 Å². The van der Waals surface area contributed by atoms with Gasteiger partial charge in [-0.3, -0.25) is 0 Å². The Kier molecular flexibility index (Phi) is 5.24. The molecule has 0 saturated heterocycles. The molecule has 4 heteroatoms. The molecule has 0 bridgehead atoms. The number of rotatable bonds is 2. The molecule has 4 atom stereocenters. The van der Waals surface area contributed by atoms with Gasteiger partial charge in [0.1, 0.15) is 22.5 Å². The highest BCUT2D eigenvalue weighted by Gasteiger charge is 2.35. The van der Waals surface area contributed by atoms with Crippen molar-refractivity contribution < 1.29 is 13.2 Å². The average Bonchev–Trinajstić information content (AvgIpc) is 2.65. The van der Waals surface area contributed by atoms with Gasteiger partial charge in [0.05, 0.1) is 0 Å². The maximum Gasteiger partial charge on any atom is 0.145 e. The monoisotopic (exact) mass is 392 g/mol. The third-order valence-electron chi connectivity index (χ3n) is 6.63. The molecule has 2 aromatic carbocycles. The molecule has 0 nitrogen and oxygen atoms in total. The second-order valence-electron chi connectivity index (χ2n) is 8.44. The van der Waals surface area contributed by atoms with E-state index in [2.05, 4.69) is 6.92 Å². The zero-order valence-electron chi connectivity index (χ0n) is 15.5. The Morgan fingerprint density at radius 1 is 0.815 bits per heavy atom. The first-order valence-corrected chi connectivity index (χ1v) is 10.2. The average molecular weight is 393 g/mol. The number of fused-ring (bicyclic) bond motifs is 1. The van der Waals surface area contributed by atoms with E-state index < -0.39 is 22.5 Å². The zero-order chi connectivity index (χ0) is 19.1. The zero-order valence-corrected chi connectivity index (χ0v) is 16.2. The highest BCUT2D eigenvalue weighted by molar-refractivity contribution is 6.31. The summed E-state index contributed by atoms with van der Waals surface area (Å²) >= 11 is 5.52. The summed E-state index contributed by atoms with van der Waals surface area (Å²) in [6, 6.07) is 7.27. The molecule has 2 aliphatic carbocycles. The molecular weight excluding hydrogens is 369 g/mol. The topological polar surface area (TPSA) is 0 Å². The smallest absolute Gasteiger partial charge is 0.145 e. The first-order valence-electron chi connectivity index (χ1n) is 9.86. The van der Waals surface area contributed by atoms with E-state index in [1.165, 1.54) is 25.7 Å². The van der Waals surface area contributed by atoms with Crippen LogP contribution in [0.3, 0.4) is 0 Å². The highest BCUT2D eigenvalue weighted by atomic mass is 35.5. The molecule has 4 rings (SSSR count). The van der Waals surface area contributed by atoms with E-state index in [9.17, 15) is 13.2 Å². The van der Waals surface area contributed by atoms with Crippen molar-refractivity contribution in [3.63, 3.8) is 0 Å². The van der Waals surface area contributed by atoms with Crippen molar-refractivity contribution in [1.29, 1.82) is 0 Å². The SMILES string of the molecule is CC1CCC2CC(c3ccc(-c4cc(F)c(Cl)c(F)c4)c(F)c3)CCC2C1. The number of benzene rings is 2. The maximum atomic E-state index is 14.8. The quantitative estimate of drug-likeness (QED) is 0.458. The van der Waals surface area contributed by atoms with Crippen molar-refractivity contribution >= 4 is 11.6 Å². The van der Waals surface area contributed by atoms with Crippen LogP contribution in [0, 0.1) is 35.2 Å². The van der Waals surface area contributed by atoms with Gasteiger partial charge in [0, 0.05) is 5.56 Å². The summed E-state index contributed by atoms with van der Waals surface area (Å²) in [6.07, 6.45) is 7.35. The molecule has 0 aromatic heterocycles. The van der Waals surface area contributed by atoms with Crippen LogP contribution in [0.1, 0.15) is 56.9 Å². The maximum absolute atomic E-state index is 14.8. The van der Waals surface area contributed by atoms with Crippen LogP contribution in [-0.2, 0) is 0 Å². The van der Waals surface area contributed by atoms with Gasteiger partial charge in [0.15, 0.2) is 0 Å². The second kappa shape index (κ2) is 7.50. The first kappa shape index (κ1) is 18.9. The van der Waals surface area contributed by atoms with Crippen molar-refractivity contribution in [3.8, 4) is 11.1 Å². The van der Waals surface area contributed by atoms with Crippen LogP contribution in [0.5, 0.6) is 0 Å². The Morgan fingerprint density at radius 3 is 2.19 bits per heavy atom. The minimum absolute atomic E-state index is 0.170. The lowest BCUT2D eigenvalue weighted by Crippen LogP contribution is -2.29. The summed E-state index contributed by atoms with van der Waals surface area (Å²) in [5.41, 5.74) is 1.38. The number of hydrogen-bond donors (Lipinski definition) is 0. The van der Waals surface area contributed by atoms with E-state index >= 15 is 0 Å². The van der Waals surface area contributed by atoms with Crippen LogP contribution >= 0.6 is 11.6 Å². The van der Waals surface area contributed by atoms with Gasteiger partial charge in [-0.05, 0) is 85.1 Å². The fraction of sp³-hybridized carbons (Fsp3) is 0.478. The summed E-state index contributed by atoms with van der Waals surface area (Å²) in [6.45, 7) is 2.35. The lowest BCUT2D eigenvalue weighted by atomic mass is 9.64. The van der Waals surface area contributed by atoms with Crippen LogP contribution in [-0.4, -0.2) is 0 Å². The fourth-order valence-electron chi connectivity index (χ4n) is 5.16. The number of halogens is 4. The van der Waals surface area contributed by atoms with Gasteiger partial charge in [-0.1, -0.05) is 37.1 Å². The Morgan fingerprint density at radius 2 is 1.48 bits per heavy atom. The molecule has 0 radical (unpaired) electrons. The Hall–Kier alpha value is -1.48. The van der Waals surface area contributed by atoms with E-state index in [1.54, 1.807) is 12.1 Å². The molecule has 2 saturated carbocycles.